The second kappa shape index (κ2) is 6.96. The maximum atomic E-state index is 12.1. The van der Waals surface area contributed by atoms with E-state index < -0.39 is 5.91 Å². The van der Waals surface area contributed by atoms with E-state index in [0.717, 1.165) is 16.5 Å². The first-order valence-corrected chi connectivity index (χ1v) is 7.59. The van der Waals surface area contributed by atoms with Crippen LogP contribution in [0.1, 0.15) is 15.9 Å². The number of carbonyl (C=O) groups excluding carboxylic acids is 2. The summed E-state index contributed by atoms with van der Waals surface area (Å²) in [4.78, 5) is 27.2. The van der Waals surface area contributed by atoms with Gasteiger partial charge in [0.15, 0.2) is 0 Å². The van der Waals surface area contributed by atoms with Gasteiger partial charge in [-0.3, -0.25) is 20.4 Å². The van der Waals surface area contributed by atoms with Gasteiger partial charge in [-0.1, -0.05) is 18.2 Å². The Morgan fingerprint density at radius 1 is 1.16 bits per heavy atom. The fraction of sp³-hybridized carbons (Fsp3) is 0.111. The second-order valence-corrected chi connectivity index (χ2v) is 5.42. The van der Waals surface area contributed by atoms with E-state index in [1.54, 1.807) is 12.3 Å². The largest absolute Gasteiger partial charge is 0.507 e. The third-order valence-corrected chi connectivity index (χ3v) is 3.79. The Morgan fingerprint density at radius 3 is 2.72 bits per heavy atom. The van der Waals surface area contributed by atoms with Crippen LogP contribution in [0.2, 0.25) is 0 Å². The number of hydrazine groups is 1. The fourth-order valence-electron chi connectivity index (χ4n) is 2.52. The molecule has 7 heteroatoms. The van der Waals surface area contributed by atoms with E-state index in [9.17, 15) is 14.7 Å². The smallest absolute Gasteiger partial charge is 0.273 e. The summed E-state index contributed by atoms with van der Waals surface area (Å²) in [5, 5.41) is 10.8. The Kier molecular flexibility index (Phi) is 4.56. The lowest BCUT2D eigenvalue weighted by Crippen LogP contribution is -2.42. The Hall–Kier alpha value is -3.48. The van der Waals surface area contributed by atoms with E-state index in [-0.39, 0.29) is 23.6 Å². The van der Waals surface area contributed by atoms with Crippen LogP contribution in [0, 0.1) is 0 Å². The number of methoxy groups -OCH3 is 1. The summed E-state index contributed by atoms with van der Waals surface area (Å²) in [6.45, 7) is 0. The monoisotopic (exact) mass is 339 g/mol. The van der Waals surface area contributed by atoms with E-state index in [0.29, 0.717) is 5.75 Å². The lowest BCUT2D eigenvalue weighted by Gasteiger charge is -2.09. The van der Waals surface area contributed by atoms with Gasteiger partial charge in [0.2, 0.25) is 5.91 Å². The maximum Gasteiger partial charge on any atom is 0.273 e. The summed E-state index contributed by atoms with van der Waals surface area (Å²) in [5.41, 5.74) is 6.44. The van der Waals surface area contributed by atoms with Gasteiger partial charge in [-0.25, -0.2) is 0 Å². The highest BCUT2D eigenvalue weighted by molar-refractivity contribution is 5.98. The van der Waals surface area contributed by atoms with Crippen molar-refractivity contribution in [1.82, 2.24) is 15.8 Å². The van der Waals surface area contributed by atoms with Crippen LogP contribution in [0.5, 0.6) is 11.5 Å². The number of rotatable bonds is 4. The molecular weight excluding hydrogens is 322 g/mol. The van der Waals surface area contributed by atoms with Crippen molar-refractivity contribution in [2.24, 2.45) is 0 Å². The van der Waals surface area contributed by atoms with Crippen LogP contribution in [0.4, 0.5) is 0 Å². The van der Waals surface area contributed by atoms with Gasteiger partial charge in [-0.15, -0.1) is 0 Å². The van der Waals surface area contributed by atoms with Crippen molar-refractivity contribution in [3.63, 3.8) is 0 Å². The van der Waals surface area contributed by atoms with Crippen LogP contribution in [0.3, 0.4) is 0 Å². The fourth-order valence-corrected chi connectivity index (χ4v) is 2.52. The molecule has 0 bridgehead atoms. The average molecular weight is 339 g/mol. The van der Waals surface area contributed by atoms with Crippen LogP contribution in [0.15, 0.2) is 48.7 Å². The lowest BCUT2D eigenvalue weighted by molar-refractivity contribution is -0.121. The number of aromatic hydroxyl groups is 1. The van der Waals surface area contributed by atoms with Crippen molar-refractivity contribution < 1.29 is 19.4 Å². The van der Waals surface area contributed by atoms with E-state index in [4.69, 9.17) is 4.74 Å². The highest BCUT2D eigenvalue weighted by atomic mass is 16.5. The molecule has 128 valence electrons. The number of ether oxygens (including phenoxy) is 1. The van der Waals surface area contributed by atoms with Gasteiger partial charge in [0.25, 0.3) is 5.91 Å². The number of phenolic OH excluding ortho intramolecular Hbond substituents is 1. The quantitative estimate of drug-likeness (QED) is 0.545. The zero-order valence-corrected chi connectivity index (χ0v) is 13.5. The number of aromatic amines is 1. The highest BCUT2D eigenvalue weighted by Crippen LogP contribution is 2.23. The molecule has 0 fully saturated rings. The minimum Gasteiger partial charge on any atom is -0.507 e. The number of carbonyl (C=O) groups is 2. The number of nitrogens with one attached hydrogen (secondary N) is 3. The molecule has 0 aliphatic heterocycles. The van der Waals surface area contributed by atoms with Gasteiger partial charge < -0.3 is 14.8 Å². The van der Waals surface area contributed by atoms with Crippen molar-refractivity contribution in [1.29, 1.82) is 0 Å². The molecule has 0 saturated heterocycles. The summed E-state index contributed by atoms with van der Waals surface area (Å²) in [7, 11) is 1.46. The van der Waals surface area contributed by atoms with Crippen LogP contribution >= 0.6 is 0 Å². The van der Waals surface area contributed by atoms with Gasteiger partial charge in [0, 0.05) is 23.2 Å². The molecule has 25 heavy (non-hydrogen) atoms. The number of aromatic nitrogens is 1. The number of hydrogen-bond donors (Lipinski definition) is 4. The van der Waals surface area contributed by atoms with Crippen molar-refractivity contribution >= 4 is 22.7 Å². The first kappa shape index (κ1) is 16.4. The number of benzene rings is 2. The topological polar surface area (TPSA) is 103 Å². The van der Waals surface area contributed by atoms with Crippen molar-refractivity contribution in [3.8, 4) is 11.5 Å². The molecule has 0 saturated carbocycles. The first-order chi connectivity index (χ1) is 12.1. The predicted molar refractivity (Wildman–Crippen MR) is 92.3 cm³/mol. The average Bonchev–Trinajstić information content (AvgIpc) is 3.02. The summed E-state index contributed by atoms with van der Waals surface area (Å²) in [6.07, 6.45) is 1.88. The lowest BCUT2D eigenvalue weighted by atomic mass is 10.1. The molecule has 1 heterocycles. The molecule has 3 rings (SSSR count). The molecular formula is C18H17N3O4. The minimum atomic E-state index is -0.618. The molecule has 1 aromatic heterocycles. The number of amides is 2. The maximum absolute atomic E-state index is 12.1. The van der Waals surface area contributed by atoms with Gasteiger partial charge in [0.05, 0.1) is 19.1 Å². The van der Waals surface area contributed by atoms with E-state index in [1.807, 2.05) is 24.3 Å². The minimum absolute atomic E-state index is 0.0354. The van der Waals surface area contributed by atoms with E-state index in [1.165, 1.54) is 19.2 Å². The third kappa shape index (κ3) is 3.55. The Morgan fingerprint density at radius 2 is 1.96 bits per heavy atom. The molecule has 0 radical (unpaired) electrons. The molecule has 0 atom stereocenters. The highest BCUT2D eigenvalue weighted by Gasteiger charge is 2.14. The molecule has 4 N–H and O–H groups in total. The van der Waals surface area contributed by atoms with Crippen molar-refractivity contribution in [2.75, 3.05) is 7.11 Å². The molecule has 0 aliphatic carbocycles. The SMILES string of the molecule is COc1ccc(C(=O)NNC(=O)Cc2c[nH]c3ccccc23)c(O)c1. The Bertz CT molecular complexity index is 933. The van der Waals surface area contributed by atoms with Gasteiger partial charge in [-0.2, -0.15) is 0 Å². The van der Waals surface area contributed by atoms with Crippen LogP contribution in [-0.2, 0) is 11.2 Å². The molecule has 7 nitrogen and oxygen atoms in total. The molecule has 0 aliphatic rings. The van der Waals surface area contributed by atoms with Gasteiger partial charge in [0.1, 0.15) is 11.5 Å². The van der Waals surface area contributed by atoms with Gasteiger partial charge in [-0.05, 0) is 23.8 Å². The Balaban J connectivity index is 1.61. The standard InChI is InChI=1S/C18H17N3O4/c1-25-12-6-7-14(16(22)9-12)18(24)21-20-17(23)8-11-10-19-15-5-3-2-4-13(11)15/h2-7,9-10,19,22H,8H2,1H3,(H,20,23)(H,21,24). The van der Waals surface area contributed by atoms with Crippen molar-refractivity contribution in [3.05, 3.63) is 59.8 Å². The van der Waals surface area contributed by atoms with Crippen LogP contribution in [-0.4, -0.2) is 29.0 Å². The molecule has 2 aromatic carbocycles. The number of hydrogen-bond acceptors (Lipinski definition) is 4. The molecule has 2 amide bonds. The summed E-state index contributed by atoms with van der Waals surface area (Å²) >= 11 is 0. The number of phenols is 1. The van der Waals surface area contributed by atoms with Gasteiger partial charge >= 0.3 is 0 Å². The molecule has 0 spiro atoms. The predicted octanol–water partition coefficient (Wildman–Crippen LogP) is 1.89. The number of para-hydroxylation sites is 1. The van der Waals surface area contributed by atoms with E-state index >= 15 is 0 Å². The summed E-state index contributed by atoms with van der Waals surface area (Å²) in [5.74, 6) is -0.793. The third-order valence-electron chi connectivity index (χ3n) is 3.79. The Labute approximate surface area is 143 Å². The molecule has 0 unspecified atom stereocenters. The second-order valence-electron chi connectivity index (χ2n) is 5.42. The summed E-state index contributed by atoms with van der Waals surface area (Å²) < 4.78 is 4.96. The van der Waals surface area contributed by atoms with Crippen molar-refractivity contribution in [2.45, 2.75) is 6.42 Å². The summed E-state index contributed by atoms with van der Waals surface area (Å²) in [6, 6.07) is 11.9. The number of fused-ring (bicyclic) bond motifs is 1. The normalized spacial score (nSPS) is 10.4. The van der Waals surface area contributed by atoms with Crippen LogP contribution < -0.4 is 15.6 Å². The van der Waals surface area contributed by atoms with Crippen LogP contribution in [0.25, 0.3) is 10.9 Å². The molecule has 3 aromatic rings. The number of H-pyrrole nitrogens is 1. The zero-order valence-electron chi connectivity index (χ0n) is 13.5. The van der Waals surface area contributed by atoms with E-state index in [2.05, 4.69) is 15.8 Å². The first-order valence-electron chi connectivity index (χ1n) is 7.59. The zero-order chi connectivity index (χ0) is 17.8.